The zero-order chi connectivity index (χ0) is 20.8. The summed E-state index contributed by atoms with van der Waals surface area (Å²) in [4.78, 5) is 9.11. The quantitative estimate of drug-likeness (QED) is 0.579. The van der Waals surface area contributed by atoms with Crippen molar-refractivity contribution < 1.29 is 4.74 Å². The summed E-state index contributed by atoms with van der Waals surface area (Å²) in [5.41, 5.74) is 3.75. The minimum atomic E-state index is 0.272. The summed E-state index contributed by atoms with van der Waals surface area (Å²) in [5.74, 6) is 0.869. The minimum Gasteiger partial charge on any atom is -0.379 e. The van der Waals surface area contributed by atoms with E-state index in [2.05, 4.69) is 55.9 Å². The Labute approximate surface area is 179 Å². The molecule has 2 heterocycles. The molecule has 1 N–H and O–H groups in total. The van der Waals surface area contributed by atoms with Crippen LogP contribution in [0.2, 0.25) is 5.02 Å². The third kappa shape index (κ3) is 5.75. The Hall–Kier alpha value is -2.02. The summed E-state index contributed by atoms with van der Waals surface area (Å²) in [6.45, 7) is 7.11. The van der Waals surface area contributed by atoms with E-state index in [1.54, 1.807) is 0 Å². The van der Waals surface area contributed by atoms with Crippen LogP contribution in [0.4, 0.5) is 0 Å². The predicted molar refractivity (Wildman–Crippen MR) is 120 cm³/mol. The average Bonchev–Trinajstić information content (AvgIpc) is 3.02. The minimum absolute atomic E-state index is 0.272. The number of hydrogen-bond donors (Lipinski definition) is 1. The molecule has 1 aromatic heterocycles. The van der Waals surface area contributed by atoms with Gasteiger partial charge in [-0.25, -0.2) is 0 Å². The second-order valence-corrected chi connectivity index (χ2v) is 8.06. The number of aromatic nitrogens is 1. The van der Waals surface area contributed by atoms with Crippen LogP contribution in [-0.2, 0) is 18.3 Å². The number of guanidine groups is 1. The first-order chi connectivity index (χ1) is 14.0. The maximum Gasteiger partial charge on any atom is 0.193 e. The van der Waals surface area contributed by atoms with Crippen molar-refractivity contribution in [2.75, 3.05) is 46.9 Å². The lowest BCUT2D eigenvalue weighted by Gasteiger charge is -2.36. The molecule has 0 spiro atoms. The summed E-state index contributed by atoms with van der Waals surface area (Å²) in [5, 5.41) is 4.34. The molecule has 1 unspecified atom stereocenters. The van der Waals surface area contributed by atoms with Crippen LogP contribution in [0, 0.1) is 6.92 Å². The normalized spacial score (nSPS) is 16.7. The first kappa shape index (κ1) is 21.7. The molecule has 2 aromatic rings. The summed E-state index contributed by atoms with van der Waals surface area (Å²) in [6.07, 6.45) is 1.92. The largest absolute Gasteiger partial charge is 0.379 e. The van der Waals surface area contributed by atoms with E-state index in [-0.39, 0.29) is 6.04 Å². The average molecular weight is 418 g/mol. The van der Waals surface area contributed by atoms with E-state index in [0.29, 0.717) is 0 Å². The van der Waals surface area contributed by atoms with Gasteiger partial charge in [0.2, 0.25) is 0 Å². The molecule has 158 valence electrons. The highest BCUT2D eigenvalue weighted by Crippen LogP contribution is 2.22. The first-order valence-corrected chi connectivity index (χ1v) is 10.5. The Kier molecular flexibility index (Phi) is 7.58. The zero-order valence-corrected chi connectivity index (χ0v) is 18.6. The second-order valence-electron chi connectivity index (χ2n) is 7.62. The number of aryl methyl sites for hydroxylation is 2. The number of aliphatic imine (C=N–C) groups is 1. The van der Waals surface area contributed by atoms with E-state index in [1.165, 1.54) is 11.1 Å². The van der Waals surface area contributed by atoms with Crippen LogP contribution in [0.1, 0.15) is 22.9 Å². The molecular weight excluding hydrogens is 386 g/mol. The molecule has 1 aliphatic heterocycles. The lowest BCUT2D eigenvalue weighted by molar-refractivity contribution is 0.0169. The van der Waals surface area contributed by atoms with Gasteiger partial charge >= 0.3 is 0 Å². The van der Waals surface area contributed by atoms with Gasteiger partial charge in [-0.05, 0) is 18.6 Å². The molecule has 1 fully saturated rings. The second kappa shape index (κ2) is 10.1. The molecule has 0 amide bonds. The van der Waals surface area contributed by atoms with Gasteiger partial charge in [-0.1, -0.05) is 41.4 Å². The SMILES string of the molecule is CN=C(NCC(c1cccc(C)c1)N1CCOCC1)N(C)Cc1cc(Cl)cn1C. The monoisotopic (exact) mass is 417 g/mol. The summed E-state index contributed by atoms with van der Waals surface area (Å²) >= 11 is 6.13. The van der Waals surface area contributed by atoms with Crippen LogP contribution in [0.25, 0.3) is 0 Å². The smallest absolute Gasteiger partial charge is 0.193 e. The maximum atomic E-state index is 6.13. The van der Waals surface area contributed by atoms with Crippen molar-refractivity contribution in [3.63, 3.8) is 0 Å². The Balaban J connectivity index is 1.70. The molecule has 7 heteroatoms. The van der Waals surface area contributed by atoms with Crippen LogP contribution in [0.5, 0.6) is 0 Å². The fraction of sp³-hybridized carbons (Fsp3) is 0.500. The van der Waals surface area contributed by atoms with Crippen molar-refractivity contribution in [3.05, 3.63) is 58.4 Å². The Bertz CT molecular complexity index is 828. The standard InChI is InChI=1S/C22H32ClN5O/c1-17-6-5-7-18(12-17)21(28-8-10-29-11-9-28)14-25-22(24-2)27(4)16-20-13-19(23)15-26(20)3/h5-7,12-13,15,21H,8-11,14,16H2,1-4H3,(H,24,25). The molecule has 0 saturated carbocycles. The highest BCUT2D eigenvalue weighted by Gasteiger charge is 2.23. The number of nitrogens with zero attached hydrogens (tertiary/aromatic N) is 4. The van der Waals surface area contributed by atoms with Gasteiger partial charge in [-0.2, -0.15) is 0 Å². The lowest BCUT2D eigenvalue weighted by Crippen LogP contribution is -2.46. The molecule has 1 aliphatic rings. The van der Waals surface area contributed by atoms with Crippen LogP contribution in [0.15, 0.2) is 41.5 Å². The third-order valence-corrected chi connectivity index (χ3v) is 5.62. The van der Waals surface area contributed by atoms with E-state index in [1.807, 2.05) is 33.4 Å². The highest BCUT2D eigenvalue weighted by atomic mass is 35.5. The molecule has 0 radical (unpaired) electrons. The van der Waals surface area contributed by atoms with Crippen LogP contribution in [0.3, 0.4) is 0 Å². The van der Waals surface area contributed by atoms with Crippen LogP contribution < -0.4 is 5.32 Å². The van der Waals surface area contributed by atoms with Gasteiger partial charge in [0.05, 0.1) is 30.8 Å². The number of rotatable bonds is 6. The Morgan fingerprint density at radius 2 is 2.07 bits per heavy atom. The Morgan fingerprint density at radius 1 is 1.31 bits per heavy atom. The van der Waals surface area contributed by atoms with Gasteiger partial charge in [0.25, 0.3) is 0 Å². The highest BCUT2D eigenvalue weighted by molar-refractivity contribution is 6.30. The molecule has 1 aromatic carbocycles. The van der Waals surface area contributed by atoms with E-state index in [4.69, 9.17) is 16.3 Å². The third-order valence-electron chi connectivity index (χ3n) is 5.41. The van der Waals surface area contributed by atoms with Gasteiger partial charge < -0.3 is 19.5 Å². The Morgan fingerprint density at radius 3 is 2.69 bits per heavy atom. The zero-order valence-electron chi connectivity index (χ0n) is 17.9. The number of halogens is 1. The number of ether oxygens (including phenoxy) is 1. The summed E-state index contributed by atoms with van der Waals surface area (Å²) in [7, 11) is 5.89. The first-order valence-electron chi connectivity index (χ1n) is 10.1. The van der Waals surface area contributed by atoms with Gasteiger partial charge in [-0.15, -0.1) is 0 Å². The molecule has 3 rings (SSSR count). The van der Waals surface area contributed by atoms with Crippen molar-refractivity contribution >= 4 is 17.6 Å². The molecule has 1 saturated heterocycles. The maximum absolute atomic E-state index is 6.13. The van der Waals surface area contributed by atoms with Gasteiger partial charge in [0, 0.05) is 52.7 Å². The van der Waals surface area contributed by atoms with Crippen molar-refractivity contribution in [3.8, 4) is 0 Å². The van der Waals surface area contributed by atoms with Crippen molar-refractivity contribution in [1.29, 1.82) is 0 Å². The molecular formula is C22H32ClN5O. The van der Waals surface area contributed by atoms with Crippen LogP contribution >= 0.6 is 11.6 Å². The van der Waals surface area contributed by atoms with Gasteiger partial charge in [0.1, 0.15) is 0 Å². The number of hydrogen-bond acceptors (Lipinski definition) is 3. The van der Waals surface area contributed by atoms with E-state index >= 15 is 0 Å². The number of morpholine rings is 1. The van der Waals surface area contributed by atoms with Gasteiger partial charge in [-0.3, -0.25) is 9.89 Å². The predicted octanol–water partition coefficient (Wildman–Crippen LogP) is 3.07. The molecule has 1 atom stereocenters. The molecule has 0 aliphatic carbocycles. The molecule has 29 heavy (non-hydrogen) atoms. The molecule has 6 nitrogen and oxygen atoms in total. The summed E-state index contributed by atoms with van der Waals surface area (Å²) < 4.78 is 7.62. The van der Waals surface area contributed by atoms with Crippen molar-refractivity contribution in [1.82, 2.24) is 19.7 Å². The lowest BCUT2D eigenvalue weighted by atomic mass is 10.0. The van der Waals surface area contributed by atoms with Crippen LogP contribution in [-0.4, -0.2) is 67.3 Å². The summed E-state index contributed by atoms with van der Waals surface area (Å²) in [6, 6.07) is 11.0. The fourth-order valence-electron chi connectivity index (χ4n) is 3.84. The van der Waals surface area contributed by atoms with E-state index in [9.17, 15) is 0 Å². The number of nitrogens with one attached hydrogen (secondary N) is 1. The van der Waals surface area contributed by atoms with Crippen molar-refractivity contribution in [2.45, 2.75) is 19.5 Å². The van der Waals surface area contributed by atoms with Gasteiger partial charge in [0.15, 0.2) is 5.96 Å². The van der Waals surface area contributed by atoms with Crippen molar-refractivity contribution in [2.24, 2.45) is 12.0 Å². The van der Waals surface area contributed by atoms with E-state index in [0.717, 1.165) is 56.1 Å². The molecule has 0 bridgehead atoms. The topological polar surface area (TPSA) is 45.0 Å². The fourth-order valence-corrected chi connectivity index (χ4v) is 4.11. The number of benzene rings is 1. The van der Waals surface area contributed by atoms with E-state index < -0.39 is 0 Å².